The molecule has 3 nitrogen and oxygen atoms in total. The molecule has 0 spiro atoms. The first-order chi connectivity index (χ1) is 2.91. The zero-order valence-corrected chi connectivity index (χ0v) is 3.68. The van der Waals surface area contributed by atoms with Gasteiger partial charge in [0, 0.05) is 13.0 Å². The lowest BCUT2D eigenvalue weighted by atomic mass is 10.8. The number of nitrogens with zero attached hydrogens (tertiary/aromatic N) is 1. The van der Waals surface area contributed by atoms with Gasteiger partial charge in [-0.15, -0.1) is 0 Å². The first-order valence-electron chi connectivity index (χ1n) is 1.67. The number of ether oxygens (including phenoxy) is 1. The lowest BCUT2D eigenvalue weighted by Crippen LogP contribution is -1.98. The van der Waals surface area contributed by atoms with Crippen LogP contribution < -0.4 is 5.90 Å². The van der Waals surface area contributed by atoms with E-state index < -0.39 is 0 Å². The van der Waals surface area contributed by atoms with Gasteiger partial charge in [0.1, 0.15) is 0 Å². The van der Waals surface area contributed by atoms with Crippen LogP contribution in [0.25, 0.3) is 0 Å². The normalized spacial score (nSPS) is 9.00. The van der Waals surface area contributed by atoms with Gasteiger partial charge < -0.3 is 4.74 Å². The van der Waals surface area contributed by atoms with Gasteiger partial charge in [0.25, 0.3) is 0 Å². The van der Waals surface area contributed by atoms with Crippen LogP contribution in [0, 0.1) is 0 Å². The summed E-state index contributed by atoms with van der Waals surface area (Å²) in [7, 11) is 1.54. The second-order valence-electron chi connectivity index (χ2n) is 0.826. The Labute approximate surface area is 37.0 Å². The van der Waals surface area contributed by atoms with Crippen molar-refractivity contribution in [2.24, 2.45) is 0 Å². The first kappa shape index (κ1) is 5.88. The molecule has 0 aromatic rings. The van der Waals surface area contributed by atoms with Gasteiger partial charge in [-0.05, 0) is 0 Å². The van der Waals surface area contributed by atoms with Crippen molar-refractivity contribution in [2.45, 2.75) is 0 Å². The predicted molar refractivity (Wildman–Crippen MR) is 20.0 cm³/mol. The van der Waals surface area contributed by atoms with E-state index in [-0.39, 0.29) is 6.61 Å². The summed E-state index contributed by atoms with van der Waals surface area (Å²) in [5, 5.41) is 0. The van der Waals surface area contributed by atoms with Crippen molar-refractivity contribution >= 4 is 0 Å². The van der Waals surface area contributed by atoms with E-state index in [4.69, 9.17) is 5.90 Å². The molecule has 0 saturated heterocycles. The van der Waals surface area contributed by atoms with Gasteiger partial charge in [-0.3, -0.25) is 4.84 Å². The fraction of sp³-hybridized carbons (Fsp3) is 1.00. The average Bonchev–Trinajstić information content (AvgIpc) is 1.61. The Bertz CT molecular complexity index is 20.8. The zero-order valence-electron chi connectivity index (χ0n) is 3.68. The van der Waals surface area contributed by atoms with Gasteiger partial charge in [0.2, 0.25) is 0 Å². The molecule has 0 bridgehead atoms. The smallest absolute Gasteiger partial charge is 0.0953 e. The van der Waals surface area contributed by atoms with Crippen LogP contribution in [-0.2, 0) is 9.57 Å². The highest BCUT2D eigenvalue weighted by molar-refractivity contribution is 4.16. The number of rotatable bonds is 3. The van der Waals surface area contributed by atoms with Crippen molar-refractivity contribution in [3.05, 3.63) is 0 Å². The summed E-state index contributed by atoms with van der Waals surface area (Å²) in [6.45, 7) is 0.688. The van der Waals surface area contributed by atoms with E-state index >= 15 is 0 Å². The molecule has 6 heavy (non-hydrogen) atoms. The molecule has 0 rings (SSSR count). The summed E-state index contributed by atoms with van der Waals surface area (Å²) in [5.74, 6) is 7.62. The Morgan fingerprint density at radius 3 is 2.33 bits per heavy atom. The molecule has 2 radical (unpaired) electrons. The third kappa shape index (κ3) is 3.88. The molecule has 0 fully saturated rings. The maximum Gasteiger partial charge on any atom is 0.0953 e. The van der Waals surface area contributed by atoms with Crippen LogP contribution in [0.2, 0.25) is 0 Å². The van der Waals surface area contributed by atoms with Crippen LogP contribution in [0.15, 0.2) is 0 Å². The van der Waals surface area contributed by atoms with Gasteiger partial charge in [-0.2, -0.15) is 0 Å². The Morgan fingerprint density at radius 2 is 2.17 bits per heavy atom. The molecule has 0 unspecified atom stereocenters. The van der Waals surface area contributed by atoms with Crippen molar-refractivity contribution in [1.29, 1.82) is 0 Å². The third-order valence-corrected chi connectivity index (χ3v) is 0.379. The molecule has 0 aliphatic heterocycles. The monoisotopic (exact) mass is 89.0 g/mol. The summed E-state index contributed by atoms with van der Waals surface area (Å²) in [4.78, 5) is 3.66. The number of hydrogen-bond acceptors (Lipinski definition) is 2. The van der Waals surface area contributed by atoms with E-state index in [1.165, 1.54) is 0 Å². The lowest BCUT2D eigenvalue weighted by Gasteiger charge is -1.88. The Kier molecular flexibility index (Phi) is 4.78. The molecular weight excluding hydrogens is 82.0 g/mol. The van der Waals surface area contributed by atoms with Crippen LogP contribution in [0.5, 0.6) is 0 Å². The molecule has 0 aliphatic rings. The topological polar surface area (TPSA) is 40.8 Å². The highest BCUT2D eigenvalue weighted by Gasteiger charge is 1.76. The van der Waals surface area contributed by atoms with Gasteiger partial charge in [-0.25, -0.2) is 0 Å². The van der Waals surface area contributed by atoms with Gasteiger partial charge in [-0.1, -0.05) is 0 Å². The average molecular weight is 89.1 g/mol. The number of methoxy groups -OCH3 is 1. The molecule has 3 heteroatoms. The standard InChI is InChI=1S/C3H7NO2/c1-5-2-3-6-4/h2-3H2,1H3. The molecule has 0 heterocycles. The maximum atomic E-state index is 7.62. The van der Waals surface area contributed by atoms with Crippen molar-refractivity contribution in [1.82, 2.24) is 5.90 Å². The SMILES string of the molecule is COCCO[N]. The molecule has 0 saturated carbocycles. The van der Waals surface area contributed by atoms with Crippen LogP contribution in [0.1, 0.15) is 0 Å². The largest absolute Gasteiger partial charge is 0.382 e. The van der Waals surface area contributed by atoms with E-state index in [0.29, 0.717) is 6.61 Å². The van der Waals surface area contributed by atoms with Crippen molar-refractivity contribution in [3.8, 4) is 0 Å². The molecule has 0 amide bonds. The quantitative estimate of drug-likeness (QED) is 0.349. The van der Waals surface area contributed by atoms with E-state index in [2.05, 4.69) is 9.57 Å². The highest BCUT2D eigenvalue weighted by Crippen LogP contribution is 1.64. The van der Waals surface area contributed by atoms with Gasteiger partial charge in [0.15, 0.2) is 0 Å². The Balaban J connectivity index is 2.34. The van der Waals surface area contributed by atoms with Crippen LogP contribution in [0.4, 0.5) is 0 Å². The van der Waals surface area contributed by atoms with Crippen LogP contribution in [-0.4, -0.2) is 20.3 Å². The number of hydrogen-bond donors (Lipinski definition) is 0. The van der Waals surface area contributed by atoms with Crippen molar-refractivity contribution in [2.75, 3.05) is 20.3 Å². The minimum atomic E-state index is 0.247. The van der Waals surface area contributed by atoms with Crippen molar-refractivity contribution in [3.63, 3.8) is 0 Å². The van der Waals surface area contributed by atoms with Crippen LogP contribution in [0.3, 0.4) is 0 Å². The Hall–Kier alpha value is -0.120. The summed E-state index contributed by atoms with van der Waals surface area (Å²) < 4.78 is 4.50. The summed E-state index contributed by atoms with van der Waals surface area (Å²) in [6, 6.07) is 0. The fourth-order valence-electron chi connectivity index (χ4n) is 0.121. The van der Waals surface area contributed by atoms with Crippen molar-refractivity contribution < 1.29 is 9.57 Å². The molecular formula is C3H7NO2. The molecule has 0 atom stereocenters. The second-order valence-corrected chi connectivity index (χ2v) is 0.826. The fourth-order valence-corrected chi connectivity index (χ4v) is 0.121. The second kappa shape index (κ2) is 4.88. The zero-order chi connectivity index (χ0) is 4.83. The Morgan fingerprint density at radius 1 is 1.50 bits per heavy atom. The van der Waals surface area contributed by atoms with Crippen LogP contribution >= 0.6 is 0 Å². The van der Waals surface area contributed by atoms with E-state index in [9.17, 15) is 0 Å². The summed E-state index contributed by atoms with van der Waals surface area (Å²) in [6.07, 6.45) is 0. The third-order valence-electron chi connectivity index (χ3n) is 0.379. The van der Waals surface area contributed by atoms with Gasteiger partial charge >= 0.3 is 0 Å². The summed E-state index contributed by atoms with van der Waals surface area (Å²) >= 11 is 0. The first-order valence-corrected chi connectivity index (χ1v) is 1.67. The van der Waals surface area contributed by atoms with E-state index in [1.807, 2.05) is 0 Å². The predicted octanol–water partition coefficient (Wildman–Crippen LogP) is -0.367. The maximum absolute atomic E-state index is 7.62. The van der Waals surface area contributed by atoms with E-state index in [0.717, 1.165) is 0 Å². The molecule has 0 aliphatic carbocycles. The lowest BCUT2D eigenvalue weighted by molar-refractivity contribution is 0.0594. The van der Waals surface area contributed by atoms with E-state index in [1.54, 1.807) is 7.11 Å². The highest BCUT2D eigenvalue weighted by atomic mass is 16.6. The molecule has 36 valence electrons. The van der Waals surface area contributed by atoms with Gasteiger partial charge in [0.05, 0.1) is 13.2 Å². The minimum Gasteiger partial charge on any atom is -0.382 e. The summed E-state index contributed by atoms with van der Waals surface area (Å²) in [5.41, 5.74) is 0. The molecule has 0 aromatic carbocycles. The molecule has 0 aromatic heterocycles. The molecule has 0 N–H and O–H groups in total. The minimum absolute atomic E-state index is 0.247.